The van der Waals surface area contributed by atoms with Gasteiger partial charge in [0.15, 0.2) is 0 Å². The van der Waals surface area contributed by atoms with Crippen molar-refractivity contribution in [2.45, 2.75) is 38.6 Å². The fraction of sp³-hybridized carbons (Fsp3) is 0.529. The molecule has 0 bridgehead atoms. The monoisotopic (exact) mass is 301 g/mol. The maximum Gasteiger partial charge on any atom is 0.227 e. The number of nitrogens with two attached hydrogens (primary N) is 1. The first kappa shape index (κ1) is 14.9. The fourth-order valence-corrected chi connectivity index (χ4v) is 3.45. The van der Waals surface area contributed by atoms with Gasteiger partial charge in [-0.15, -0.1) is 0 Å². The van der Waals surface area contributed by atoms with Crippen molar-refractivity contribution in [3.05, 3.63) is 24.3 Å². The van der Waals surface area contributed by atoms with Crippen LogP contribution in [0.4, 0.5) is 11.4 Å². The molecule has 2 heterocycles. The van der Waals surface area contributed by atoms with Crippen molar-refractivity contribution in [3.8, 4) is 0 Å². The molecule has 3 rings (SSSR count). The van der Waals surface area contributed by atoms with Crippen LogP contribution in [0, 0.1) is 5.92 Å². The quantitative estimate of drug-likeness (QED) is 0.927. The summed E-state index contributed by atoms with van der Waals surface area (Å²) in [6, 6.07) is 8.65. The molecule has 5 nitrogen and oxygen atoms in total. The third-order valence-electron chi connectivity index (χ3n) is 4.82. The molecular formula is C17H23N3O2. The van der Waals surface area contributed by atoms with E-state index >= 15 is 0 Å². The van der Waals surface area contributed by atoms with Gasteiger partial charge < -0.3 is 15.5 Å². The topological polar surface area (TPSA) is 66.6 Å². The van der Waals surface area contributed by atoms with Gasteiger partial charge in [0.25, 0.3) is 0 Å². The number of rotatable bonds is 3. The first-order chi connectivity index (χ1) is 10.6. The number of hydrogen-bond donors (Lipinski definition) is 1. The number of nitrogens with zero attached hydrogens (tertiary/aromatic N) is 2. The Hall–Kier alpha value is -2.04. The SMILES string of the molecule is CC1CCCCN1c1ccc(N2CC(C(N)=O)CC2=O)cc1. The van der Waals surface area contributed by atoms with E-state index in [1.54, 1.807) is 4.90 Å². The molecule has 1 aromatic carbocycles. The summed E-state index contributed by atoms with van der Waals surface area (Å²) >= 11 is 0. The van der Waals surface area contributed by atoms with Gasteiger partial charge in [-0.25, -0.2) is 0 Å². The number of benzene rings is 1. The van der Waals surface area contributed by atoms with Gasteiger partial charge in [0.1, 0.15) is 0 Å². The van der Waals surface area contributed by atoms with E-state index in [2.05, 4.69) is 24.0 Å². The van der Waals surface area contributed by atoms with Crippen molar-refractivity contribution < 1.29 is 9.59 Å². The predicted octanol–water partition coefficient (Wildman–Crippen LogP) is 1.90. The van der Waals surface area contributed by atoms with Crippen molar-refractivity contribution >= 4 is 23.2 Å². The van der Waals surface area contributed by atoms with E-state index in [1.165, 1.54) is 24.9 Å². The minimum atomic E-state index is -0.394. The lowest BCUT2D eigenvalue weighted by Gasteiger charge is -2.35. The number of piperidine rings is 1. The second kappa shape index (κ2) is 5.99. The molecule has 0 saturated carbocycles. The highest BCUT2D eigenvalue weighted by Crippen LogP contribution is 2.29. The van der Waals surface area contributed by atoms with Gasteiger partial charge in [0.2, 0.25) is 11.8 Å². The summed E-state index contributed by atoms with van der Waals surface area (Å²) in [6.45, 7) is 3.75. The normalized spacial score (nSPS) is 25.6. The summed E-state index contributed by atoms with van der Waals surface area (Å²) in [4.78, 5) is 27.4. The molecule has 2 amide bonds. The Morgan fingerprint density at radius 1 is 1.18 bits per heavy atom. The van der Waals surface area contributed by atoms with Crippen molar-refractivity contribution in [1.29, 1.82) is 0 Å². The first-order valence-corrected chi connectivity index (χ1v) is 8.02. The van der Waals surface area contributed by atoms with Crippen LogP contribution in [0.15, 0.2) is 24.3 Å². The van der Waals surface area contributed by atoms with Gasteiger partial charge >= 0.3 is 0 Å². The Balaban J connectivity index is 1.74. The van der Waals surface area contributed by atoms with Crippen LogP contribution in [-0.2, 0) is 9.59 Å². The zero-order valence-corrected chi connectivity index (χ0v) is 13.0. The molecule has 0 aliphatic carbocycles. The molecule has 22 heavy (non-hydrogen) atoms. The number of carbonyl (C=O) groups excluding carboxylic acids is 2. The zero-order valence-electron chi connectivity index (χ0n) is 13.0. The van der Waals surface area contributed by atoms with Crippen LogP contribution in [-0.4, -0.2) is 30.9 Å². The summed E-state index contributed by atoms with van der Waals surface area (Å²) in [5.74, 6) is -0.785. The highest BCUT2D eigenvalue weighted by molar-refractivity contribution is 6.00. The maximum atomic E-state index is 12.0. The largest absolute Gasteiger partial charge is 0.369 e. The molecular weight excluding hydrogens is 278 g/mol. The highest BCUT2D eigenvalue weighted by Gasteiger charge is 2.33. The Morgan fingerprint density at radius 3 is 2.45 bits per heavy atom. The van der Waals surface area contributed by atoms with Crippen LogP contribution in [0.5, 0.6) is 0 Å². The minimum Gasteiger partial charge on any atom is -0.369 e. The third-order valence-corrected chi connectivity index (χ3v) is 4.82. The van der Waals surface area contributed by atoms with Gasteiger partial charge in [0, 0.05) is 36.9 Å². The summed E-state index contributed by atoms with van der Waals surface area (Å²) in [7, 11) is 0. The lowest BCUT2D eigenvalue weighted by atomic mass is 10.0. The molecule has 2 saturated heterocycles. The molecule has 1 aromatic rings. The Bertz CT molecular complexity index is 570. The molecule has 2 N–H and O–H groups in total. The average Bonchev–Trinajstić information content (AvgIpc) is 2.90. The predicted molar refractivity (Wildman–Crippen MR) is 86.8 cm³/mol. The molecule has 2 atom stereocenters. The molecule has 118 valence electrons. The standard InChI is InChI=1S/C17H23N3O2/c1-12-4-2-3-9-19(12)14-5-7-15(8-6-14)20-11-13(17(18)22)10-16(20)21/h5-8,12-13H,2-4,9-11H2,1H3,(H2,18,22). The van der Waals surface area contributed by atoms with Crippen LogP contribution in [0.2, 0.25) is 0 Å². The number of anilines is 2. The van der Waals surface area contributed by atoms with E-state index in [9.17, 15) is 9.59 Å². The highest BCUT2D eigenvalue weighted by atomic mass is 16.2. The van der Waals surface area contributed by atoms with Crippen molar-refractivity contribution in [2.75, 3.05) is 22.9 Å². The second-order valence-electron chi connectivity index (χ2n) is 6.36. The Labute approximate surface area is 131 Å². The van der Waals surface area contributed by atoms with Gasteiger partial charge in [0.05, 0.1) is 5.92 Å². The first-order valence-electron chi connectivity index (χ1n) is 8.02. The second-order valence-corrected chi connectivity index (χ2v) is 6.36. The molecule has 5 heteroatoms. The average molecular weight is 301 g/mol. The number of carbonyl (C=O) groups is 2. The van der Waals surface area contributed by atoms with Crippen LogP contribution in [0.25, 0.3) is 0 Å². The maximum absolute atomic E-state index is 12.0. The van der Waals surface area contributed by atoms with Crippen LogP contribution in [0.3, 0.4) is 0 Å². The zero-order chi connectivity index (χ0) is 15.7. The number of hydrogen-bond acceptors (Lipinski definition) is 3. The molecule has 2 unspecified atom stereocenters. The van der Waals surface area contributed by atoms with Gasteiger partial charge in [-0.2, -0.15) is 0 Å². The van der Waals surface area contributed by atoms with Gasteiger partial charge in [-0.05, 0) is 50.5 Å². The van der Waals surface area contributed by atoms with Crippen molar-refractivity contribution in [2.24, 2.45) is 11.7 Å². The molecule has 0 radical (unpaired) electrons. The van der Waals surface area contributed by atoms with E-state index in [-0.39, 0.29) is 18.2 Å². The fourth-order valence-electron chi connectivity index (χ4n) is 3.45. The van der Waals surface area contributed by atoms with Crippen LogP contribution < -0.4 is 15.5 Å². The molecule has 0 spiro atoms. The molecule has 2 aliphatic heterocycles. The van der Waals surface area contributed by atoms with Crippen molar-refractivity contribution in [1.82, 2.24) is 0 Å². The van der Waals surface area contributed by atoms with E-state index in [0.29, 0.717) is 12.6 Å². The summed E-state index contributed by atoms with van der Waals surface area (Å²) in [5, 5.41) is 0. The molecule has 2 aliphatic rings. The Morgan fingerprint density at radius 2 is 1.86 bits per heavy atom. The van der Waals surface area contributed by atoms with Crippen molar-refractivity contribution in [3.63, 3.8) is 0 Å². The third kappa shape index (κ3) is 2.80. The smallest absolute Gasteiger partial charge is 0.227 e. The Kier molecular flexibility index (Phi) is 4.05. The van der Waals surface area contributed by atoms with E-state index < -0.39 is 5.91 Å². The molecule has 2 fully saturated rings. The van der Waals surface area contributed by atoms with E-state index in [4.69, 9.17) is 5.73 Å². The van der Waals surface area contributed by atoms with Gasteiger partial charge in [-0.3, -0.25) is 9.59 Å². The van der Waals surface area contributed by atoms with Crippen LogP contribution >= 0.6 is 0 Å². The van der Waals surface area contributed by atoms with E-state index in [1.807, 2.05) is 12.1 Å². The number of amides is 2. The number of primary amides is 1. The summed E-state index contributed by atoms with van der Waals surface area (Å²) < 4.78 is 0. The minimum absolute atomic E-state index is 0.0251. The lowest BCUT2D eigenvalue weighted by Crippen LogP contribution is -2.37. The van der Waals surface area contributed by atoms with E-state index in [0.717, 1.165) is 12.2 Å². The van der Waals surface area contributed by atoms with Gasteiger partial charge in [-0.1, -0.05) is 0 Å². The lowest BCUT2D eigenvalue weighted by molar-refractivity contribution is -0.123. The summed E-state index contributed by atoms with van der Waals surface area (Å²) in [5.41, 5.74) is 7.36. The summed E-state index contributed by atoms with van der Waals surface area (Å²) in [6.07, 6.45) is 3.98. The molecule has 0 aromatic heterocycles. The van der Waals surface area contributed by atoms with Crippen LogP contribution in [0.1, 0.15) is 32.6 Å².